The number of carbonyl (C=O) groups is 1. The second-order valence-corrected chi connectivity index (χ2v) is 11.0. The number of piperidine rings is 1. The van der Waals surface area contributed by atoms with E-state index in [1.165, 1.54) is 4.31 Å². The fourth-order valence-corrected chi connectivity index (χ4v) is 5.96. The summed E-state index contributed by atoms with van der Waals surface area (Å²) in [6, 6.07) is 11.7. The highest BCUT2D eigenvalue weighted by atomic mass is 32.2. The molecule has 1 fully saturated rings. The second kappa shape index (κ2) is 11.5. The summed E-state index contributed by atoms with van der Waals surface area (Å²) in [5, 5.41) is 4.88. The number of pyridine rings is 1. The van der Waals surface area contributed by atoms with E-state index in [0.717, 1.165) is 54.3 Å². The summed E-state index contributed by atoms with van der Waals surface area (Å²) in [5.41, 5.74) is 0.594. The number of benzene rings is 2. The Morgan fingerprint density at radius 2 is 1.76 bits per heavy atom. The van der Waals surface area contributed by atoms with Crippen LogP contribution in [0.25, 0.3) is 10.8 Å². The Morgan fingerprint density at radius 1 is 1.03 bits per heavy atom. The molecular weight excluding hydrogens is 507 g/mol. The van der Waals surface area contributed by atoms with Crippen LogP contribution in [0.3, 0.4) is 0 Å². The first-order chi connectivity index (χ1) is 17.6. The molecule has 2 heterocycles. The van der Waals surface area contributed by atoms with E-state index in [4.69, 9.17) is 0 Å². The summed E-state index contributed by atoms with van der Waals surface area (Å²) >= 11 is 0. The molecular formula is C26H28F3N3O4S. The first kappa shape index (κ1) is 26.9. The van der Waals surface area contributed by atoms with Gasteiger partial charge in [0.2, 0.25) is 10.0 Å². The maximum Gasteiger partial charge on any atom is 0.573 e. The van der Waals surface area contributed by atoms with Gasteiger partial charge in [-0.05, 0) is 73.0 Å². The Hall–Kier alpha value is -3.18. The van der Waals surface area contributed by atoms with Crippen molar-refractivity contribution in [1.29, 1.82) is 0 Å². The number of carbonyl (C=O) groups excluding carboxylic acids is 1. The van der Waals surface area contributed by atoms with Crippen LogP contribution >= 0.6 is 0 Å². The summed E-state index contributed by atoms with van der Waals surface area (Å²) < 4.78 is 67.9. The van der Waals surface area contributed by atoms with Gasteiger partial charge in [0.1, 0.15) is 5.75 Å². The Balaban J connectivity index is 1.17. The summed E-state index contributed by atoms with van der Waals surface area (Å²) in [4.78, 5) is 16.5. The molecule has 0 bridgehead atoms. The standard InChI is InChI=1S/C26H28F3N3O4S/c27-26(28,29)36-23-6-8-24(9-7-23)37(34,35)32-15-11-19(12-16-32)3-1-2-13-31-25(33)21-5-4-20-10-14-30-18-22(20)17-21/h4-10,14,17-19H,1-3,11-13,15-16H2,(H,31,33). The molecule has 3 aromatic rings. The van der Waals surface area contributed by atoms with Gasteiger partial charge in [0.25, 0.3) is 5.91 Å². The minimum atomic E-state index is -4.83. The lowest BCUT2D eigenvalue weighted by molar-refractivity contribution is -0.274. The van der Waals surface area contributed by atoms with Crippen molar-refractivity contribution in [2.75, 3.05) is 19.6 Å². The number of nitrogens with one attached hydrogen (secondary N) is 1. The number of sulfonamides is 1. The lowest BCUT2D eigenvalue weighted by Crippen LogP contribution is -2.38. The van der Waals surface area contributed by atoms with Crippen molar-refractivity contribution in [3.05, 3.63) is 66.5 Å². The van der Waals surface area contributed by atoms with Gasteiger partial charge in [0, 0.05) is 43.0 Å². The third-order valence-electron chi connectivity index (χ3n) is 6.50. The van der Waals surface area contributed by atoms with Crippen molar-refractivity contribution in [3.63, 3.8) is 0 Å². The molecule has 2 aromatic carbocycles. The number of rotatable bonds is 9. The molecule has 1 aromatic heterocycles. The smallest absolute Gasteiger partial charge is 0.406 e. The molecule has 0 aliphatic carbocycles. The molecule has 7 nitrogen and oxygen atoms in total. The predicted octanol–water partition coefficient (Wildman–Crippen LogP) is 5.13. The highest BCUT2D eigenvalue weighted by molar-refractivity contribution is 7.89. The molecule has 11 heteroatoms. The molecule has 0 spiro atoms. The van der Waals surface area contributed by atoms with Crippen LogP contribution in [0, 0.1) is 5.92 Å². The maximum absolute atomic E-state index is 12.9. The van der Waals surface area contributed by atoms with Gasteiger partial charge < -0.3 is 10.1 Å². The van der Waals surface area contributed by atoms with Crippen LogP contribution in [-0.4, -0.2) is 49.6 Å². The number of hydrogen-bond acceptors (Lipinski definition) is 5. The third kappa shape index (κ3) is 7.20. The molecule has 198 valence electrons. The molecule has 1 saturated heterocycles. The zero-order chi connectivity index (χ0) is 26.5. The van der Waals surface area contributed by atoms with E-state index in [1.54, 1.807) is 18.5 Å². The average molecular weight is 536 g/mol. The molecule has 1 N–H and O–H groups in total. The SMILES string of the molecule is O=C(NCCCCC1CCN(S(=O)(=O)c2ccc(OC(F)(F)F)cc2)CC1)c1ccc2ccncc2c1. The predicted molar refractivity (Wildman–Crippen MR) is 133 cm³/mol. The van der Waals surface area contributed by atoms with Gasteiger partial charge in [-0.2, -0.15) is 4.31 Å². The first-order valence-electron chi connectivity index (χ1n) is 12.1. The quantitative estimate of drug-likeness (QED) is 0.384. The minimum absolute atomic E-state index is 0.0566. The molecule has 4 rings (SSSR count). The lowest BCUT2D eigenvalue weighted by atomic mass is 9.92. The minimum Gasteiger partial charge on any atom is -0.406 e. The Labute approximate surface area is 213 Å². The summed E-state index contributed by atoms with van der Waals surface area (Å²) in [5.74, 6) is -0.198. The lowest BCUT2D eigenvalue weighted by Gasteiger charge is -2.31. The van der Waals surface area contributed by atoms with Crippen LogP contribution in [0.15, 0.2) is 65.8 Å². The maximum atomic E-state index is 12.9. The van der Waals surface area contributed by atoms with Crippen molar-refractivity contribution in [1.82, 2.24) is 14.6 Å². The summed E-state index contributed by atoms with van der Waals surface area (Å²) in [6.07, 6.45) is 2.72. The summed E-state index contributed by atoms with van der Waals surface area (Å²) in [7, 11) is -3.78. The Kier molecular flexibility index (Phi) is 8.33. The first-order valence-corrected chi connectivity index (χ1v) is 13.5. The number of nitrogens with zero attached hydrogens (tertiary/aromatic N) is 2. The van der Waals surface area contributed by atoms with Crippen LogP contribution in [0.4, 0.5) is 13.2 Å². The third-order valence-corrected chi connectivity index (χ3v) is 8.41. The van der Waals surface area contributed by atoms with Crippen molar-refractivity contribution in [2.45, 2.75) is 43.4 Å². The number of aromatic nitrogens is 1. The Bertz CT molecular complexity index is 1320. The van der Waals surface area contributed by atoms with E-state index < -0.39 is 22.1 Å². The average Bonchev–Trinajstić information content (AvgIpc) is 2.88. The second-order valence-electron chi connectivity index (χ2n) is 9.06. The van der Waals surface area contributed by atoms with Crippen LogP contribution < -0.4 is 10.1 Å². The number of fused-ring (bicyclic) bond motifs is 1. The van der Waals surface area contributed by atoms with Gasteiger partial charge in [0.05, 0.1) is 4.90 Å². The molecule has 0 unspecified atom stereocenters. The molecule has 1 amide bonds. The van der Waals surface area contributed by atoms with Gasteiger partial charge in [-0.15, -0.1) is 13.2 Å². The summed E-state index contributed by atoms with van der Waals surface area (Å²) in [6.45, 7) is 1.29. The normalized spacial score (nSPS) is 15.5. The topological polar surface area (TPSA) is 88.6 Å². The number of halogens is 3. The van der Waals surface area contributed by atoms with Gasteiger partial charge in [-0.25, -0.2) is 8.42 Å². The van der Waals surface area contributed by atoms with Crippen LogP contribution in [0.1, 0.15) is 42.5 Å². The van der Waals surface area contributed by atoms with Gasteiger partial charge >= 0.3 is 6.36 Å². The number of hydrogen-bond donors (Lipinski definition) is 1. The van der Waals surface area contributed by atoms with Crippen LogP contribution in [-0.2, 0) is 10.0 Å². The van der Waals surface area contributed by atoms with Crippen molar-refractivity contribution < 1.29 is 31.1 Å². The molecule has 0 atom stereocenters. The van der Waals surface area contributed by atoms with E-state index in [2.05, 4.69) is 15.0 Å². The van der Waals surface area contributed by atoms with Crippen molar-refractivity contribution in [3.8, 4) is 5.75 Å². The zero-order valence-electron chi connectivity index (χ0n) is 20.1. The Morgan fingerprint density at radius 3 is 2.46 bits per heavy atom. The van der Waals surface area contributed by atoms with E-state index in [9.17, 15) is 26.4 Å². The van der Waals surface area contributed by atoms with Crippen molar-refractivity contribution >= 4 is 26.7 Å². The highest BCUT2D eigenvalue weighted by Gasteiger charge is 2.32. The number of ether oxygens (including phenoxy) is 1. The van der Waals surface area contributed by atoms with Gasteiger partial charge in [-0.1, -0.05) is 18.9 Å². The molecule has 1 aliphatic heterocycles. The molecule has 0 saturated carbocycles. The van der Waals surface area contributed by atoms with Crippen LogP contribution in [0.2, 0.25) is 0 Å². The molecule has 0 radical (unpaired) electrons. The highest BCUT2D eigenvalue weighted by Crippen LogP contribution is 2.29. The van der Waals surface area contributed by atoms with E-state index in [-0.39, 0.29) is 10.8 Å². The number of unbranched alkanes of at least 4 members (excludes halogenated alkanes) is 1. The largest absolute Gasteiger partial charge is 0.573 e. The zero-order valence-corrected chi connectivity index (χ0v) is 20.9. The van der Waals surface area contributed by atoms with Crippen molar-refractivity contribution in [2.24, 2.45) is 5.92 Å². The molecule has 1 aliphatic rings. The fourth-order valence-electron chi connectivity index (χ4n) is 4.49. The van der Waals surface area contributed by atoms with Crippen LogP contribution in [0.5, 0.6) is 5.75 Å². The fraction of sp³-hybridized carbons (Fsp3) is 0.385. The van der Waals surface area contributed by atoms with E-state index >= 15 is 0 Å². The number of alkyl halides is 3. The van der Waals surface area contributed by atoms with E-state index in [1.807, 2.05) is 18.2 Å². The number of amides is 1. The molecule has 37 heavy (non-hydrogen) atoms. The van der Waals surface area contributed by atoms with E-state index in [0.29, 0.717) is 44.0 Å². The monoisotopic (exact) mass is 535 g/mol. The van der Waals surface area contributed by atoms with Gasteiger partial charge in [-0.3, -0.25) is 9.78 Å². The van der Waals surface area contributed by atoms with Gasteiger partial charge in [0.15, 0.2) is 0 Å².